The van der Waals surface area contributed by atoms with Gasteiger partial charge in [-0.2, -0.15) is 0 Å². The van der Waals surface area contributed by atoms with Crippen molar-refractivity contribution in [1.82, 2.24) is 28.7 Å². The lowest BCUT2D eigenvalue weighted by atomic mass is 9.98. The predicted octanol–water partition coefficient (Wildman–Crippen LogP) is 6.80. The highest BCUT2D eigenvalue weighted by molar-refractivity contribution is 6.29. The van der Waals surface area contributed by atoms with Crippen LogP contribution in [0.5, 0.6) is 11.5 Å². The summed E-state index contributed by atoms with van der Waals surface area (Å²) in [6, 6.07) is 22.3. The van der Waals surface area contributed by atoms with E-state index in [4.69, 9.17) is 30.8 Å². The number of anilines is 1. The zero-order valence-corrected chi connectivity index (χ0v) is 32.9. The molecule has 0 radical (unpaired) electrons. The molecule has 3 aromatic heterocycles. The van der Waals surface area contributed by atoms with E-state index in [1.165, 1.54) is 16.6 Å². The molecule has 13 nitrogen and oxygen atoms in total. The molecule has 3 aromatic carbocycles. The van der Waals surface area contributed by atoms with Gasteiger partial charge in [-0.15, -0.1) is 0 Å². The number of hydrogen-bond acceptors (Lipinski definition) is 9. The smallest absolute Gasteiger partial charge is 0.410 e. The second-order valence-electron chi connectivity index (χ2n) is 13.5. The van der Waals surface area contributed by atoms with E-state index >= 15 is 0 Å². The van der Waals surface area contributed by atoms with Crippen LogP contribution >= 0.6 is 11.6 Å². The maximum Gasteiger partial charge on any atom is 0.410 e. The van der Waals surface area contributed by atoms with E-state index in [0.717, 1.165) is 28.0 Å². The quantitative estimate of drug-likeness (QED) is 0.124. The molecule has 6 aromatic rings. The largest absolute Gasteiger partial charge is 0.497 e. The third kappa shape index (κ3) is 7.79. The Labute approximate surface area is 324 Å². The summed E-state index contributed by atoms with van der Waals surface area (Å²) in [5.41, 5.74) is 5.70. The molecule has 6 rings (SSSR count). The van der Waals surface area contributed by atoms with Crippen LogP contribution in [0.2, 0.25) is 5.15 Å². The first-order chi connectivity index (χ1) is 26.3. The molecular weight excluding hydrogens is 722 g/mol. The van der Waals surface area contributed by atoms with Crippen molar-refractivity contribution in [3.05, 3.63) is 128 Å². The average molecular weight is 766 g/mol. The SMILES string of the molecule is COC(=O)N(Cc1ccc(OC)cc1)Cc1nc(Cl)ccc1N(Cc1ccc(OC)cc1)C(C)c1cc(C)cc2c(=O)n(C)c3c(C(=O)N(C)C)ncn3c12. The fourth-order valence-corrected chi connectivity index (χ4v) is 7.01. The molecule has 0 aliphatic heterocycles. The van der Waals surface area contributed by atoms with Crippen molar-refractivity contribution < 1.29 is 23.8 Å². The number of benzene rings is 3. The maximum atomic E-state index is 14.1. The first-order valence-electron chi connectivity index (χ1n) is 17.6. The van der Waals surface area contributed by atoms with Crippen LogP contribution in [0.15, 0.2) is 83.9 Å². The summed E-state index contributed by atoms with van der Waals surface area (Å²) in [5, 5.41) is 0.737. The van der Waals surface area contributed by atoms with Gasteiger partial charge in [-0.1, -0.05) is 41.9 Å². The number of ether oxygens (including phenoxy) is 3. The topological polar surface area (TPSA) is 124 Å². The predicted molar refractivity (Wildman–Crippen MR) is 212 cm³/mol. The number of imidazole rings is 1. The van der Waals surface area contributed by atoms with Crippen molar-refractivity contribution in [3.63, 3.8) is 0 Å². The van der Waals surface area contributed by atoms with Crippen molar-refractivity contribution in [2.75, 3.05) is 40.3 Å². The summed E-state index contributed by atoms with van der Waals surface area (Å²) in [6.07, 6.45) is 1.06. The Morgan fingerprint density at radius 2 is 1.49 bits per heavy atom. The Kier molecular flexibility index (Phi) is 11.3. The highest BCUT2D eigenvalue weighted by Gasteiger charge is 2.28. The Hall–Kier alpha value is -6.08. The first kappa shape index (κ1) is 38.6. The zero-order valence-electron chi connectivity index (χ0n) is 32.2. The lowest BCUT2D eigenvalue weighted by molar-refractivity contribution is 0.0824. The Morgan fingerprint density at radius 1 is 0.873 bits per heavy atom. The van der Waals surface area contributed by atoms with Gasteiger partial charge in [0.25, 0.3) is 11.5 Å². The molecule has 0 bridgehead atoms. The van der Waals surface area contributed by atoms with E-state index in [-0.39, 0.29) is 35.4 Å². The van der Waals surface area contributed by atoms with Gasteiger partial charge in [0.15, 0.2) is 11.3 Å². The van der Waals surface area contributed by atoms with Crippen molar-refractivity contribution in [2.45, 2.75) is 39.5 Å². The summed E-state index contributed by atoms with van der Waals surface area (Å²) in [7, 11) is 9.51. The minimum atomic E-state index is -0.538. The van der Waals surface area contributed by atoms with Crippen LogP contribution in [0, 0.1) is 6.92 Å². The van der Waals surface area contributed by atoms with Crippen molar-refractivity contribution >= 4 is 45.8 Å². The van der Waals surface area contributed by atoms with E-state index in [9.17, 15) is 14.4 Å². The van der Waals surface area contributed by atoms with Crippen LogP contribution in [0.3, 0.4) is 0 Å². The second kappa shape index (κ2) is 16.1. The summed E-state index contributed by atoms with van der Waals surface area (Å²) < 4.78 is 19.3. The molecule has 14 heteroatoms. The number of aryl methyl sites for hydroxylation is 2. The number of pyridine rings is 1. The van der Waals surface area contributed by atoms with Gasteiger partial charge >= 0.3 is 6.09 Å². The van der Waals surface area contributed by atoms with Gasteiger partial charge in [-0.05, 0) is 78.6 Å². The van der Waals surface area contributed by atoms with Crippen LogP contribution in [-0.2, 0) is 31.4 Å². The molecule has 1 atom stereocenters. The van der Waals surface area contributed by atoms with E-state index in [0.29, 0.717) is 40.2 Å². The van der Waals surface area contributed by atoms with E-state index < -0.39 is 12.1 Å². The highest BCUT2D eigenvalue weighted by atomic mass is 35.5. The molecule has 2 amide bonds. The number of carbonyl (C=O) groups excluding carboxylic acids is 2. The van der Waals surface area contributed by atoms with E-state index in [1.807, 2.05) is 78.1 Å². The van der Waals surface area contributed by atoms with Gasteiger partial charge in [0.2, 0.25) is 0 Å². The van der Waals surface area contributed by atoms with Crippen LogP contribution < -0.4 is 19.9 Å². The molecular formula is C41H44ClN7O6. The standard InChI is InChI=1S/C41H44ClN7O6/c1-25-19-31(37-32(20-25)39(50)46(5)38-36(40(51)45(3)4)43-24-49(37)38)26(2)48(22-28-11-15-30(54-7)16-12-28)34-17-18-35(42)44-33(34)23-47(41(52)55-8)21-27-9-13-29(53-6)14-10-27/h9-20,24,26H,21-23H2,1-8H3. The number of nitrogens with zero attached hydrogens (tertiary/aromatic N) is 7. The van der Waals surface area contributed by atoms with E-state index in [1.54, 1.807) is 52.7 Å². The number of halogens is 1. The van der Waals surface area contributed by atoms with Crippen LogP contribution in [0.1, 0.15) is 51.4 Å². The molecule has 1 unspecified atom stereocenters. The molecule has 0 fully saturated rings. The molecule has 3 heterocycles. The Morgan fingerprint density at radius 3 is 2.07 bits per heavy atom. The van der Waals surface area contributed by atoms with Crippen LogP contribution in [0.25, 0.3) is 16.6 Å². The minimum absolute atomic E-state index is 0.0668. The molecule has 55 heavy (non-hydrogen) atoms. The summed E-state index contributed by atoms with van der Waals surface area (Å²) in [6.45, 7) is 4.70. The lowest BCUT2D eigenvalue weighted by Crippen LogP contribution is -2.33. The van der Waals surface area contributed by atoms with Gasteiger partial charge in [-0.3, -0.25) is 23.5 Å². The van der Waals surface area contributed by atoms with Gasteiger partial charge in [0, 0.05) is 34.2 Å². The molecule has 0 saturated heterocycles. The van der Waals surface area contributed by atoms with Crippen molar-refractivity contribution in [1.29, 1.82) is 0 Å². The fourth-order valence-electron chi connectivity index (χ4n) is 6.84. The highest BCUT2D eigenvalue weighted by Crippen LogP contribution is 2.36. The number of fused-ring (bicyclic) bond motifs is 3. The van der Waals surface area contributed by atoms with Crippen molar-refractivity contribution in [3.8, 4) is 11.5 Å². The van der Waals surface area contributed by atoms with Gasteiger partial charge in [0.05, 0.1) is 56.2 Å². The van der Waals surface area contributed by atoms with Gasteiger partial charge < -0.3 is 24.0 Å². The van der Waals surface area contributed by atoms with Crippen LogP contribution in [0.4, 0.5) is 10.5 Å². The molecule has 0 spiro atoms. The molecule has 286 valence electrons. The third-order valence-electron chi connectivity index (χ3n) is 9.69. The Balaban J connectivity index is 1.54. The van der Waals surface area contributed by atoms with Crippen molar-refractivity contribution in [2.24, 2.45) is 7.05 Å². The first-order valence-corrected chi connectivity index (χ1v) is 18.0. The molecule has 0 N–H and O–H groups in total. The van der Waals surface area contributed by atoms with Crippen LogP contribution in [-0.4, -0.2) is 76.2 Å². The average Bonchev–Trinajstić information content (AvgIpc) is 3.63. The number of amides is 2. The zero-order chi connectivity index (χ0) is 39.6. The van der Waals surface area contributed by atoms with Gasteiger partial charge in [0.1, 0.15) is 23.0 Å². The molecule has 0 aliphatic rings. The fraction of sp³-hybridized carbons (Fsp3) is 0.293. The monoisotopic (exact) mass is 765 g/mol. The number of methoxy groups -OCH3 is 3. The third-order valence-corrected chi connectivity index (χ3v) is 9.90. The Bertz CT molecular complexity index is 2430. The maximum absolute atomic E-state index is 14.1. The second-order valence-corrected chi connectivity index (χ2v) is 13.9. The number of rotatable bonds is 12. The van der Waals surface area contributed by atoms with Gasteiger partial charge in [-0.25, -0.2) is 14.8 Å². The summed E-state index contributed by atoms with van der Waals surface area (Å²) >= 11 is 6.58. The minimum Gasteiger partial charge on any atom is -0.497 e. The summed E-state index contributed by atoms with van der Waals surface area (Å²) in [4.78, 5) is 55.1. The number of carbonyl (C=O) groups is 2. The molecule has 0 aliphatic carbocycles. The van der Waals surface area contributed by atoms with E-state index in [2.05, 4.69) is 16.8 Å². The number of aromatic nitrogens is 4. The number of hydrogen-bond donors (Lipinski definition) is 0. The summed E-state index contributed by atoms with van der Waals surface area (Å²) in [5.74, 6) is 1.10. The normalized spacial score (nSPS) is 11.7. The molecule has 0 saturated carbocycles. The lowest BCUT2D eigenvalue weighted by Gasteiger charge is -2.35.